The minimum atomic E-state index is 0.414. The standard InChI is InChI=1S/C11H16BrClN2/c1-8(2)15(7-6-13)11-5-4-10(12)9(3)14-11/h4-5,8H,6-7H2,1-3H3. The summed E-state index contributed by atoms with van der Waals surface area (Å²) < 4.78 is 1.04. The van der Waals surface area contributed by atoms with E-state index >= 15 is 0 Å². The molecule has 1 rings (SSSR count). The zero-order chi connectivity index (χ0) is 11.4. The van der Waals surface area contributed by atoms with E-state index in [1.165, 1.54) is 0 Å². The highest BCUT2D eigenvalue weighted by atomic mass is 79.9. The first-order valence-electron chi connectivity index (χ1n) is 5.02. The first-order valence-corrected chi connectivity index (χ1v) is 6.34. The molecule has 1 heterocycles. The molecule has 0 spiro atoms. The van der Waals surface area contributed by atoms with Crippen LogP contribution in [0.15, 0.2) is 16.6 Å². The molecule has 0 aliphatic rings. The predicted molar refractivity (Wildman–Crippen MR) is 69.9 cm³/mol. The van der Waals surface area contributed by atoms with Crippen LogP contribution in [0.4, 0.5) is 5.82 Å². The molecule has 0 aliphatic heterocycles. The molecule has 0 saturated heterocycles. The highest BCUT2D eigenvalue weighted by Gasteiger charge is 2.11. The van der Waals surface area contributed by atoms with E-state index in [1.807, 2.05) is 19.1 Å². The van der Waals surface area contributed by atoms with Crippen molar-refractivity contribution >= 4 is 33.3 Å². The molecule has 1 aromatic rings. The Hall–Kier alpha value is -0.280. The van der Waals surface area contributed by atoms with E-state index in [-0.39, 0.29) is 0 Å². The Morgan fingerprint density at radius 3 is 2.60 bits per heavy atom. The molecule has 0 radical (unpaired) electrons. The molecule has 4 heteroatoms. The topological polar surface area (TPSA) is 16.1 Å². The summed E-state index contributed by atoms with van der Waals surface area (Å²) >= 11 is 9.23. The molecule has 2 nitrogen and oxygen atoms in total. The molecule has 0 aliphatic carbocycles. The zero-order valence-corrected chi connectivity index (χ0v) is 11.6. The molecular formula is C11H16BrClN2. The third kappa shape index (κ3) is 3.35. The van der Waals surface area contributed by atoms with Crippen molar-refractivity contribution in [3.63, 3.8) is 0 Å². The molecule has 0 atom stereocenters. The van der Waals surface area contributed by atoms with Gasteiger partial charge >= 0.3 is 0 Å². The van der Waals surface area contributed by atoms with E-state index in [0.717, 1.165) is 22.5 Å². The average Bonchev–Trinajstić information content (AvgIpc) is 2.18. The lowest BCUT2D eigenvalue weighted by Crippen LogP contribution is -2.33. The first kappa shape index (κ1) is 12.8. The molecule has 15 heavy (non-hydrogen) atoms. The van der Waals surface area contributed by atoms with Crippen molar-refractivity contribution in [2.75, 3.05) is 17.3 Å². The molecule has 0 bridgehead atoms. The second-order valence-electron chi connectivity index (χ2n) is 3.71. The smallest absolute Gasteiger partial charge is 0.129 e. The van der Waals surface area contributed by atoms with Gasteiger partial charge in [-0.05, 0) is 48.8 Å². The minimum Gasteiger partial charge on any atom is -0.353 e. The Balaban J connectivity index is 2.95. The van der Waals surface area contributed by atoms with Crippen LogP contribution in [0, 0.1) is 6.92 Å². The third-order valence-corrected chi connectivity index (χ3v) is 3.26. The maximum atomic E-state index is 5.78. The molecule has 1 aromatic heterocycles. The third-order valence-electron chi connectivity index (χ3n) is 2.25. The van der Waals surface area contributed by atoms with Gasteiger partial charge in [0.1, 0.15) is 5.82 Å². The van der Waals surface area contributed by atoms with Gasteiger partial charge in [0.05, 0.1) is 5.69 Å². The second kappa shape index (κ2) is 5.71. The lowest BCUT2D eigenvalue weighted by Gasteiger charge is -2.27. The van der Waals surface area contributed by atoms with Crippen LogP contribution in [0.3, 0.4) is 0 Å². The summed E-state index contributed by atoms with van der Waals surface area (Å²) in [6.45, 7) is 7.11. The lowest BCUT2D eigenvalue weighted by atomic mass is 10.3. The van der Waals surface area contributed by atoms with Crippen molar-refractivity contribution in [1.29, 1.82) is 0 Å². The normalized spacial score (nSPS) is 10.8. The van der Waals surface area contributed by atoms with E-state index in [2.05, 4.69) is 39.7 Å². The monoisotopic (exact) mass is 290 g/mol. The van der Waals surface area contributed by atoms with Crippen LogP contribution in [-0.4, -0.2) is 23.5 Å². The van der Waals surface area contributed by atoms with Gasteiger partial charge in [-0.15, -0.1) is 11.6 Å². The number of nitrogens with zero attached hydrogens (tertiary/aromatic N) is 2. The number of halogens is 2. The fraction of sp³-hybridized carbons (Fsp3) is 0.545. The molecule has 0 aromatic carbocycles. The van der Waals surface area contributed by atoms with Gasteiger partial charge in [0.15, 0.2) is 0 Å². The number of anilines is 1. The summed E-state index contributed by atoms with van der Waals surface area (Å²) in [5, 5.41) is 0. The summed E-state index contributed by atoms with van der Waals surface area (Å²) in [7, 11) is 0. The summed E-state index contributed by atoms with van der Waals surface area (Å²) in [5.74, 6) is 1.61. The van der Waals surface area contributed by atoms with Gasteiger partial charge in [-0.25, -0.2) is 4.98 Å². The number of alkyl halides is 1. The van der Waals surface area contributed by atoms with Crippen molar-refractivity contribution in [3.8, 4) is 0 Å². The zero-order valence-electron chi connectivity index (χ0n) is 9.30. The first-order chi connectivity index (χ1) is 7.06. The van der Waals surface area contributed by atoms with Gasteiger partial charge in [0.25, 0.3) is 0 Å². The lowest BCUT2D eigenvalue weighted by molar-refractivity contribution is 0.694. The molecule has 0 N–H and O–H groups in total. The van der Waals surface area contributed by atoms with Crippen LogP contribution in [-0.2, 0) is 0 Å². The molecule has 0 fully saturated rings. The largest absolute Gasteiger partial charge is 0.353 e. The second-order valence-corrected chi connectivity index (χ2v) is 4.95. The van der Waals surface area contributed by atoms with Gasteiger partial charge in [0, 0.05) is 22.9 Å². The fourth-order valence-corrected chi connectivity index (χ4v) is 1.82. The van der Waals surface area contributed by atoms with E-state index in [9.17, 15) is 0 Å². The maximum absolute atomic E-state index is 5.78. The highest BCUT2D eigenvalue weighted by Crippen LogP contribution is 2.20. The number of aryl methyl sites for hydroxylation is 1. The molecule has 0 saturated carbocycles. The molecule has 0 unspecified atom stereocenters. The van der Waals surface area contributed by atoms with Crippen LogP contribution < -0.4 is 4.90 Å². The minimum absolute atomic E-state index is 0.414. The molecular weight excluding hydrogens is 275 g/mol. The van der Waals surface area contributed by atoms with Crippen molar-refractivity contribution in [3.05, 3.63) is 22.3 Å². The van der Waals surface area contributed by atoms with Crippen LogP contribution in [0.2, 0.25) is 0 Å². The Morgan fingerprint density at radius 2 is 2.13 bits per heavy atom. The quantitative estimate of drug-likeness (QED) is 0.788. The summed E-state index contributed by atoms with van der Waals surface area (Å²) in [5.41, 5.74) is 1.01. The Kier molecular flexibility index (Phi) is 4.87. The van der Waals surface area contributed by atoms with Gasteiger partial charge in [-0.1, -0.05) is 0 Å². The predicted octanol–water partition coefficient (Wildman–Crippen LogP) is 3.61. The molecule has 0 amide bonds. The number of aromatic nitrogens is 1. The Labute approximate surface area is 105 Å². The highest BCUT2D eigenvalue weighted by molar-refractivity contribution is 9.10. The van der Waals surface area contributed by atoms with Gasteiger partial charge in [-0.3, -0.25) is 0 Å². The van der Waals surface area contributed by atoms with Crippen LogP contribution in [0.25, 0.3) is 0 Å². The van der Waals surface area contributed by atoms with Crippen LogP contribution in [0.1, 0.15) is 19.5 Å². The van der Waals surface area contributed by atoms with Crippen LogP contribution >= 0.6 is 27.5 Å². The Bertz CT molecular complexity index is 328. The fourth-order valence-electron chi connectivity index (χ4n) is 1.42. The maximum Gasteiger partial charge on any atom is 0.129 e. The number of hydrogen-bond donors (Lipinski definition) is 0. The van der Waals surface area contributed by atoms with Crippen LogP contribution in [0.5, 0.6) is 0 Å². The summed E-state index contributed by atoms with van der Waals surface area (Å²) in [6, 6.07) is 4.46. The van der Waals surface area contributed by atoms with Gasteiger partial charge < -0.3 is 4.90 Å². The number of pyridine rings is 1. The number of hydrogen-bond acceptors (Lipinski definition) is 2. The number of rotatable bonds is 4. The van der Waals surface area contributed by atoms with Gasteiger partial charge in [0.2, 0.25) is 0 Å². The van der Waals surface area contributed by atoms with Crippen molar-refractivity contribution in [2.24, 2.45) is 0 Å². The SMILES string of the molecule is Cc1nc(N(CCCl)C(C)C)ccc1Br. The van der Waals surface area contributed by atoms with Crippen molar-refractivity contribution in [2.45, 2.75) is 26.8 Å². The Morgan fingerprint density at radius 1 is 1.47 bits per heavy atom. The van der Waals surface area contributed by atoms with Gasteiger partial charge in [-0.2, -0.15) is 0 Å². The van der Waals surface area contributed by atoms with E-state index < -0.39 is 0 Å². The van der Waals surface area contributed by atoms with E-state index in [4.69, 9.17) is 11.6 Å². The summed E-state index contributed by atoms with van der Waals surface area (Å²) in [4.78, 5) is 6.73. The van der Waals surface area contributed by atoms with Crippen molar-refractivity contribution < 1.29 is 0 Å². The summed E-state index contributed by atoms with van der Waals surface area (Å²) in [6.07, 6.45) is 0. The average molecular weight is 292 g/mol. The van der Waals surface area contributed by atoms with Crippen molar-refractivity contribution in [1.82, 2.24) is 4.98 Å². The molecule has 84 valence electrons. The van der Waals surface area contributed by atoms with E-state index in [1.54, 1.807) is 0 Å². The van der Waals surface area contributed by atoms with E-state index in [0.29, 0.717) is 11.9 Å².